The highest BCUT2D eigenvalue weighted by Crippen LogP contribution is 2.36. The molecule has 1 unspecified atom stereocenters. The number of anilines is 1. The number of fused-ring (bicyclic) bond motifs is 1. The molecule has 1 aromatic carbocycles. The standard InChI is InChI=1S/C23H36N2O/c1-3-4-6-18-8-11-20(12-9-18)23(26)25-14-5-7-21-16-19(15-17(2)24)10-13-22(21)25/h10,13,16-18,20H,3-9,11-12,14-15,24H2,1-2H3. The van der Waals surface area contributed by atoms with Crippen molar-refractivity contribution in [3.8, 4) is 0 Å². The Morgan fingerprint density at radius 3 is 2.73 bits per heavy atom. The van der Waals surface area contributed by atoms with Crippen molar-refractivity contribution in [3.05, 3.63) is 29.3 Å². The molecular weight excluding hydrogens is 320 g/mol. The Morgan fingerprint density at radius 2 is 2.04 bits per heavy atom. The number of unbranched alkanes of at least 4 members (excludes halogenated alkanes) is 1. The molecule has 1 amide bonds. The van der Waals surface area contributed by atoms with Crippen LogP contribution >= 0.6 is 0 Å². The van der Waals surface area contributed by atoms with E-state index in [-0.39, 0.29) is 12.0 Å². The summed E-state index contributed by atoms with van der Waals surface area (Å²) in [6, 6.07) is 6.78. The van der Waals surface area contributed by atoms with Gasteiger partial charge in [-0.15, -0.1) is 0 Å². The predicted molar refractivity (Wildman–Crippen MR) is 109 cm³/mol. The van der Waals surface area contributed by atoms with E-state index in [0.29, 0.717) is 5.91 Å². The lowest BCUT2D eigenvalue weighted by atomic mass is 9.79. The highest BCUT2D eigenvalue weighted by atomic mass is 16.2. The third kappa shape index (κ3) is 4.68. The summed E-state index contributed by atoms with van der Waals surface area (Å²) in [6.45, 7) is 5.20. The fourth-order valence-electron chi connectivity index (χ4n) is 4.79. The van der Waals surface area contributed by atoms with Crippen LogP contribution < -0.4 is 10.6 Å². The highest BCUT2D eigenvalue weighted by Gasteiger charge is 2.31. The number of amides is 1. The number of nitrogens with zero attached hydrogens (tertiary/aromatic N) is 1. The van der Waals surface area contributed by atoms with Gasteiger partial charge in [-0.25, -0.2) is 0 Å². The van der Waals surface area contributed by atoms with Crippen molar-refractivity contribution >= 4 is 11.6 Å². The summed E-state index contributed by atoms with van der Waals surface area (Å²) in [5.41, 5.74) is 9.73. The molecule has 0 radical (unpaired) electrons. The van der Waals surface area contributed by atoms with E-state index >= 15 is 0 Å². The van der Waals surface area contributed by atoms with E-state index in [0.717, 1.165) is 50.3 Å². The minimum atomic E-state index is 0.178. The van der Waals surface area contributed by atoms with Crippen molar-refractivity contribution in [1.29, 1.82) is 0 Å². The first-order valence-electron chi connectivity index (χ1n) is 10.8. The Morgan fingerprint density at radius 1 is 1.27 bits per heavy atom. The second kappa shape index (κ2) is 9.03. The Balaban J connectivity index is 1.65. The van der Waals surface area contributed by atoms with Crippen LogP contribution in [-0.4, -0.2) is 18.5 Å². The SMILES string of the molecule is CCCCC1CCC(C(=O)N2CCCc3cc(CC(C)N)ccc32)CC1. The van der Waals surface area contributed by atoms with Gasteiger partial charge in [0.25, 0.3) is 0 Å². The van der Waals surface area contributed by atoms with Crippen LogP contribution in [0.15, 0.2) is 18.2 Å². The van der Waals surface area contributed by atoms with E-state index < -0.39 is 0 Å². The Hall–Kier alpha value is -1.35. The summed E-state index contributed by atoms with van der Waals surface area (Å²) in [4.78, 5) is 15.3. The number of hydrogen-bond donors (Lipinski definition) is 1. The number of carbonyl (C=O) groups excluding carboxylic acids is 1. The monoisotopic (exact) mass is 356 g/mol. The number of rotatable bonds is 6. The fourth-order valence-corrected chi connectivity index (χ4v) is 4.79. The summed E-state index contributed by atoms with van der Waals surface area (Å²) in [5.74, 6) is 1.47. The molecule has 0 aromatic heterocycles. The molecule has 3 rings (SSSR count). The molecule has 1 heterocycles. The zero-order valence-corrected chi connectivity index (χ0v) is 16.7. The van der Waals surface area contributed by atoms with Gasteiger partial charge < -0.3 is 10.6 Å². The van der Waals surface area contributed by atoms with Crippen molar-refractivity contribution in [2.45, 2.75) is 84.1 Å². The first-order valence-corrected chi connectivity index (χ1v) is 10.8. The lowest BCUT2D eigenvalue weighted by Crippen LogP contribution is -2.41. The number of nitrogens with two attached hydrogens (primary N) is 1. The van der Waals surface area contributed by atoms with Crippen molar-refractivity contribution < 1.29 is 4.79 Å². The number of hydrogen-bond acceptors (Lipinski definition) is 2. The van der Waals surface area contributed by atoms with Crippen LogP contribution in [0, 0.1) is 11.8 Å². The average Bonchev–Trinajstić information content (AvgIpc) is 2.65. The second-order valence-corrected chi connectivity index (χ2v) is 8.60. The van der Waals surface area contributed by atoms with Gasteiger partial charge in [0, 0.05) is 24.2 Å². The Labute approximate surface area is 159 Å². The minimum Gasteiger partial charge on any atom is -0.328 e. The molecule has 1 saturated carbocycles. The van der Waals surface area contributed by atoms with Crippen molar-refractivity contribution in [2.24, 2.45) is 17.6 Å². The number of benzene rings is 1. The van der Waals surface area contributed by atoms with Crippen LogP contribution in [0.25, 0.3) is 0 Å². The summed E-state index contributed by atoms with van der Waals surface area (Å²) >= 11 is 0. The van der Waals surface area contributed by atoms with Gasteiger partial charge in [-0.1, -0.05) is 38.3 Å². The summed E-state index contributed by atoms with van der Waals surface area (Å²) < 4.78 is 0. The van der Waals surface area contributed by atoms with Gasteiger partial charge in [-0.05, 0) is 75.0 Å². The van der Waals surface area contributed by atoms with E-state index in [1.807, 2.05) is 6.92 Å². The maximum Gasteiger partial charge on any atom is 0.230 e. The van der Waals surface area contributed by atoms with E-state index in [1.54, 1.807) is 0 Å². The van der Waals surface area contributed by atoms with Crippen LogP contribution in [0.2, 0.25) is 0 Å². The maximum atomic E-state index is 13.2. The first kappa shape index (κ1) is 19.4. The zero-order chi connectivity index (χ0) is 18.5. The van der Waals surface area contributed by atoms with Crippen LogP contribution in [0.3, 0.4) is 0 Å². The van der Waals surface area contributed by atoms with Crippen LogP contribution in [0.1, 0.15) is 76.3 Å². The second-order valence-electron chi connectivity index (χ2n) is 8.60. The van der Waals surface area contributed by atoms with E-state index in [9.17, 15) is 4.79 Å². The molecule has 2 N–H and O–H groups in total. The van der Waals surface area contributed by atoms with E-state index in [2.05, 4.69) is 30.0 Å². The predicted octanol–water partition coefficient (Wildman–Crippen LogP) is 4.85. The largest absolute Gasteiger partial charge is 0.328 e. The Kier molecular flexibility index (Phi) is 6.74. The van der Waals surface area contributed by atoms with Crippen molar-refractivity contribution in [3.63, 3.8) is 0 Å². The molecule has 26 heavy (non-hydrogen) atoms. The molecule has 1 aromatic rings. The third-order valence-corrected chi connectivity index (χ3v) is 6.25. The van der Waals surface area contributed by atoms with Crippen LogP contribution in [0.4, 0.5) is 5.69 Å². The molecule has 144 valence electrons. The van der Waals surface area contributed by atoms with Crippen LogP contribution in [0.5, 0.6) is 0 Å². The van der Waals surface area contributed by atoms with Gasteiger partial charge in [0.05, 0.1) is 0 Å². The summed E-state index contributed by atoms with van der Waals surface area (Å²) in [5, 5.41) is 0. The molecular formula is C23H36N2O. The van der Waals surface area contributed by atoms with Gasteiger partial charge in [0.1, 0.15) is 0 Å². The van der Waals surface area contributed by atoms with E-state index in [1.165, 1.54) is 43.2 Å². The van der Waals surface area contributed by atoms with Gasteiger partial charge >= 0.3 is 0 Å². The van der Waals surface area contributed by atoms with Gasteiger partial charge in [0.2, 0.25) is 5.91 Å². The fraction of sp³-hybridized carbons (Fsp3) is 0.696. The van der Waals surface area contributed by atoms with E-state index in [4.69, 9.17) is 5.73 Å². The van der Waals surface area contributed by atoms with Crippen LogP contribution in [-0.2, 0) is 17.6 Å². The quantitative estimate of drug-likeness (QED) is 0.792. The molecule has 1 fully saturated rings. The lowest BCUT2D eigenvalue weighted by Gasteiger charge is -2.35. The molecule has 1 atom stereocenters. The highest BCUT2D eigenvalue weighted by molar-refractivity contribution is 5.96. The molecule has 0 spiro atoms. The smallest absolute Gasteiger partial charge is 0.230 e. The molecule has 3 heteroatoms. The van der Waals surface area contributed by atoms with Gasteiger partial charge in [-0.3, -0.25) is 4.79 Å². The molecule has 1 aliphatic carbocycles. The Bertz CT molecular complexity index is 602. The third-order valence-electron chi connectivity index (χ3n) is 6.25. The zero-order valence-electron chi connectivity index (χ0n) is 16.7. The normalized spacial score (nSPS) is 24.2. The molecule has 2 aliphatic rings. The molecule has 1 aliphatic heterocycles. The van der Waals surface area contributed by atoms with Gasteiger partial charge in [0.15, 0.2) is 0 Å². The summed E-state index contributed by atoms with van der Waals surface area (Å²) in [7, 11) is 0. The summed E-state index contributed by atoms with van der Waals surface area (Å²) in [6.07, 6.45) is 11.7. The molecule has 3 nitrogen and oxygen atoms in total. The lowest BCUT2D eigenvalue weighted by molar-refractivity contribution is -0.123. The number of aryl methyl sites for hydroxylation is 1. The van der Waals surface area contributed by atoms with Crippen molar-refractivity contribution in [1.82, 2.24) is 0 Å². The maximum absolute atomic E-state index is 13.2. The minimum absolute atomic E-state index is 0.178. The van der Waals surface area contributed by atoms with Crippen molar-refractivity contribution in [2.75, 3.05) is 11.4 Å². The number of carbonyl (C=O) groups is 1. The average molecular weight is 357 g/mol. The molecule has 0 saturated heterocycles. The first-order chi connectivity index (χ1) is 12.6. The topological polar surface area (TPSA) is 46.3 Å². The molecule has 0 bridgehead atoms. The van der Waals surface area contributed by atoms with Gasteiger partial charge in [-0.2, -0.15) is 0 Å².